The second-order valence-electron chi connectivity index (χ2n) is 10.7. The smallest absolute Gasteiger partial charge is 0.416 e. The molecular formula is C35H36F3N3O5. The van der Waals surface area contributed by atoms with Crippen molar-refractivity contribution in [1.82, 2.24) is 10.3 Å². The maximum absolute atomic E-state index is 13.7. The SMILES string of the molecule is CCOc1ccc(C(F)(F)F)cc1/C(C)=N/N(Cc1ccc2cc(OC)ccc2c1)C(C)c1ccc(C(=O)NCCC(=O)O)cc1. The van der Waals surface area contributed by atoms with Crippen molar-refractivity contribution in [2.45, 2.75) is 46.0 Å². The van der Waals surface area contributed by atoms with Crippen molar-refractivity contribution in [3.63, 3.8) is 0 Å². The number of carbonyl (C=O) groups excluding carboxylic acids is 1. The van der Waals surface area contributed by atoms with E-state index in [1.165, 1.54) is 6.07 Å². The summed E-state index contributed by atoms with van der Waals surface area (Å²) >= 11 is 0. The van der Waals surface area contributed by atoms with Crippen molar-refractivity contribution >= 4 is 28.4 Å². The Bertz CT molecular complexity index is 1720. The number of halogens is 3. The van der Waals surface area contributed by atoms with E-state index in [1.807, 2.05) is 43.3 Å². The van der Waals surface area contributed by atoms with Gasteiger partial charge in [-0.25, -0.2) is 0 Å². The number of rotatable bonds is 13. The van der Waals surface area contributed by atoms with Crippen molar-refractivity contribution in [1.29, 1.82) is 0 Å². The van der Waals surface area contributed by atoms with Gasteiger partial charge in [0.05, 0.1) is 44.0 Å². The number of benzene rings is 4. The van der Waals surface area contributed by atoms with Crippen LogP contribution in [0.5, 0.6) is 11.5 Å². The molecule has 4 aromatic carbocycles. The number of carboxylic acid groups (broad SMARTS) is 1. The summed E-state index contributed by atoms with van der Waals surface area (Å²) in [6.45, 7) is 5.92. The van der Waals surface area contributed by atoms with E-state index in [2.05, 4.69) is 5.32 Å². The lowest BCUT2D eigenvalue weighted by atomic mass is 10.0. The minimum Gasteiger partial charge on any atom is -0.497 e. The molecule has 0 saturated heterocycles. The van der Waals surface area contributed by atoms with Crippen molar-refractivity contribution in [2.24, 2.45) is 5.10 Å². The van der Waals surface area contributed by atoms with Gasteiger partial charge < -0.3 is 19.9 Å². The molecule has 242 valence electrons. The highest BCUT2D eigenvalue weighted by Crippen LogP contribution is 2.34. The zero-order valence-electron chi connectivity index (χ0n) is 26.0. The molecule has 0 radical (unpaired) electrons. The van der Waals surface area contributed by atoms with E-state index in [-0.39, 0.29) is 31.2 Å². The van der Waals surface area contributed by atoms with E-state index in [9.17, 15) is 22.8 Å². The number of amides is 1. The van der Waals surface area contributed by atoms with E-state index in [4.69, 9.17) is 19.7 Å². The summed E-state index contributed by atoms with van der Waals surface area (Å²) in [5, 5.41) is 20.0. The van der Waals surface area contributed by atoms with Crippen LogP contribution in [0.15, 0.2) is 84.0 Å². The number of carbonyl (C=O) groups is 2. The number of hydrogen-bond donors (Lipinski definition) is 2. The van der Waals surface area contributed by atoms with Gasteiger partial charge in [0, 0.05) is 17.7 Å². The average Bonchev–Trinajstić information content (AvgIpc) is 3.03. The van der Waals surface area contributed by atoms with Gasteiger partial charge in [0.1, 0.15) is 11.5 Å². The summed E-state index contributed by atoms with van der Waals surface area (Å²) in [5.74, 6) is -0.375. The molecule has 11 heteroatoms. The normalized spacial score (nSPS) is 12.5. The van der Waals surface area contributed by atoms with Crippen molar-refractivity contribution in [2.75, 3.05) is 20.3 Å². The lowest BCUT2D eigenvalue weighted by Crippen LogP contribution is -2.26. The third kappa shape index (κ3) is 8.56. The number of nitrogens with one attached hydrogen (secondary N) is 1. The van der Waals surface area contributed by atoms with Crippen LogP contribution in [-0.2, 0) is 17.5 Å². The van der Waals surface area contributed by atoms with Crippen molar-refractivity contribution < 1.29 is 37.3 Å². The number of aliphatic carboxylic acids is 1. The first kappa shape index (κ1) is 33.8. The Labute approximate surface area is 265 Å². The van der Waals surface area contributed by atoms with Gasteiger partial charge in [-0.15, -0.1) is 0 Å². The van der Waals surface area contributed by atoms with Crippen LogP contribution in [0.25, 0.3) is 10.8 Å². The van der Waals surface area contributed by atoms with Gasteiger partial charge in [-0.3, -0.25) is 14.6 Å². The highest BCUT2D eigenvalue weighted by Gasteiger charge is 2.31. The van der Waals surface area contributed by atoms with E-state index in [0.717, 1.165) is 39.8 Å². The molecule has 4 aromatic rings. The summed E-state index contributed by atoms with van der Waals surface area (Å²) < 4.78 is 52.0. The maximum atomic E-state index is 13.7. The number of alkyl halides is 3. The van der Waals surface area contributed by atoms with E-state index >= 15 is 0 Å². The monoisotopic (exact) mass is 635 g/mol. The minimum atomic E-state index is -4.54. The molecule has 0 fully saturated rings. The highest BCUT2D eigenvalue weighted by atomic mass is 19.4. The zero-order chi connectivity index (χ0) is 33.4. The largest absolute Gasteiger partial charge is 0.497 e. The first-order chi connectivity index (χ1) is 21.9. The maximum Gasteiger partial charge on any atom is 0.416 e. The fourth-order valence-corrected chi connectivity index (χ4v) is 4.93. The number of nitrogens with zero attached hydrogens (tertiary/aromatic N) is 2. The molecule has 0 saturated carbocycles. The van der Waals surface area contributed by atoms with Gasteiger partial charge in [-0.05, 0) is 91.2 Å². The highest BCUT2D eigenvalue weighted by molar-refractivity contribution is 6.01. The molecule has 0 aliphatic rings. The zero-order valence-corrected chi connectivity index (χ0v) is 26.0. The number of fused-ring (bicyclic) bond motifs is 1. The number of methoxy groups -OCH3 is 1. The summed E-state index contributed by atoms with van der Waals surface area (Å²) in [7, 11) is 1.61. The van der Waals surface area contributed by atoms with Crippen molar-refractivity contribution in [3.8, 4) is 11.5 Å². The summed E-state index contributed by atoms with van der Waals surface area (Å²) in [6.07, 6.45) is -4.73. The molecule has 0 aromatic heterocycles. The van der Waals surface area contributed by atoms with Crippen LogP contribution in [0.4, 0.5) is 13.2 Å². The minimum absolute atomic E-state index is 0.00586. The molecule has 8 nitrogen and oxygen atoms in total. The fraction of sp³-hybridized carbons (Fsp3) is 0.286. The van der Waals surface area contributed by atoms with E-state index in [1.54, 1.807) is 50.2 Å². The lowest BCUT2D eigenvalue weighted by molar-refractivity contribution is -0.138. The third-order valence-corrected chi connectivity index (χ3v) is 7.46. The second-order valence-corrected chi connectivity index (χ2v) is 10.7. The first-order valence-electron chi connectivity index (χ1n) is 14.7. The lowest BCUT2D eigenvalue weighted by Gasteiger charge is -2.28. The Balaban J connectivity index is 1.71. The number of ether oxygens (including phenoxy) is 2. The van der Waals surface area contributed by atoms with Crippen molar-refractivity contribution in [3.05, 3.63) is 107 Å². The van der Waals surface area contributed by atoms with Crippen LogP contribution >= 0.6 is 0 Å². The van der Waals surface area contributed by atoms with Gasteiger partial charge in [-0.2, -0.15) is 18.3 Å². The molecule has 0 aliphatic carbocycles. The molecule has 0 heterocycles. The number of hydrogen-bond acceptors (Lipinski definition) is 6. The predicted octanol–water partition coefficient (Wildman–Crippen LogP) is 7.46. The standard InChI is InChI=1S/C35H36F3N3O5/c1-5-46-32-15-13-29(35(36,37)38)20-31(32)22(2)40-41(21-24-6-7-28-19-30(45-4)14-12-27(28)18-24)23(3)25-8-10-26(11-9-25)34(44)39-17-16-33(42)43/h6-15,18-20,23H,5,16-17,21H2,1-4H3,(H,39,44)(H,42,43)/b40-22+. The first-order valence-corrected chi connectivity index (χ1v) is 14.7. The molecule has 46 heavy (non-hydrogen) atoms. The molecule has 0 bridgehead atoms. The molecule has 2 N–H and O–H groups in total. The van der Waals surface area contributed by atoms with E-state index < -0.39 is 23.6 Å². The van der Waals surface area contributed by atoms with Gasteiger partial charge >= 0.3 is 12.1 Å². The molecule has 0 aliphatic heterocycles. The Morgan fingerprint density at radius 3 is 2.33 bits per heavy atom. The number of carboxylic acids is 1. The molecular weight excluding hydrogens is 599 g/mol. The van der Waals surface area contributed by atoms with Crippen LogP contribution < -0.4 is 14.8 Å². The van der Waals surface area contributed by atoms with Crippen LogP contribution in [-0.4, -0.2) is 48.0 Å². The Kier molecular flexibility index (Phi) is 10.9. The molecule has 1 amide bonds. The molecule has 1 unspecified atom stereocenters. The van der Waals surface area contributed by atoms with Crippen LogP contribution in [0.2, 0.25) is 0 Å². The fourth-order valence-electron chi connectivity index (χ4n) is 4.93. The van der Waals surface area contributed by atoms with E-state index in [0.29, 0.717) is 23.6 Å². The summed E-state index contributed by atoms with van der Waals surface area (Å²) in [4.78, 5) is 23.3. The molecule has 1 atom stereocenters. The van der Waals surface area contributed by atoms with Crippen LogP contribution in [0, 0.1) is 0 Å². The Hall–Kier alpha value is -5.06. The van der Waals surface area contributed by atoms with Crippen LogP contribution in [0.1, 0.15) is 65.8 Å². The van der Waals surface area contributed by atoms with Crippen LogP contribution in [0.3, 0.4) is 0 Å². The Morgan fingerprint density at radius 2 is 1.67 bits per heavy atom. The topological polar surface area (TPSA) is 100 Å². The summed E-state index contributed by atoms with van der Waals surface area (Å²) in [6, 6.07) is 21.5. The second kappa shape index (κ2) is 14.8. The van der Waals surface area contributed by atoms with Gasteiger partial charge in [0.25, 0.3) is 5.91 Å². The molecule has 0 spiro atoms. The molecule has 4 rings (SSSR count). The Morgan fingerprint density at radius 1 is 0.978 bits per heavy atom. The van der Waals surface area contributed by atoms with Gasteiger partial charge in [-0.1, -0.05) is 30.3 Å². The van der Waals surface area contributed by atoms with Gasteiger partial charge in [0.2, 0.25) is 0 Å². The quantitative estimate of drug-likeness (QED) is 0.117. The average molecular weight is 636 g/mol. The predicted molar refractivity (Wildman–Crippen MR) is 170 cm³/mol. The summed E-state index contributed by atoms with van der Waals surface area (Å²) in [5.41, 5.74) is 1.85. The third-order valence-electron chi connectivity index (χ3n) is 7.46. The number of hydrazone groups is 1. The van der Waals surface area contributed by atoms with Gasteiger partial charge in [0.15, 0.2) is 0 Å².